The van der Waals surface area contributed by atoms with Crippen LogP contribution in [0.1, 0.15) is 13.8 Å². The van der Waals surface area contributed by atoms with Gasteiger partial charge in [0.25, 0.3) is 0 Å². The zero-order chi connectivity index (χ0) is 15.6. The Hall–Kier alpha value is -0.920. The number of sulfonamides is 1. The number of nitrogens with zero attached hydrogens (tertiary/aromatic N) is 2. The highest BCUT2D eigenvalue weighted by Gasteiger charge is 2.30. The van der Waals surface area contributed by atoms with Gasteiger partial charge in [-0.25, -0.2) is 8.42 Å². The van der Waals surface area contributed by atoms with Crippen LogP contribution in [0.3, 0.4) is 0 Å². The van der Waals surface area contributed by atoms with Crippen molar-refractivity contribution in [3.63, 3.8) is 0 Å². The summed E-state index contributed by atoms with van der Waals surface area (Å²) in [6, 6.07) is 6.68. The maximum Gasteiger partial charge on any atom is 0.243 e. The Morgan fingerprint density at radius 2 is 1.81 bits per heavy atom. The molecule has 5 nitrogen and oxygen atoms in total. The van der Waals surface area contributed by atoms with Crippen LogP contribution in [-0.2, 0) is 14.8 Å². The number of rotatable bonds is 3. The van der Waals surface area contributed by atoms with Gasteiger partial charge in [-0.05, 0) is 18.2 Å². The lowest BCUT2D eigenvalue weighted by atomic mass is 10.2. The predicted octanol–water partition coefficient (Wildman–Crippen LogP) is 1.94. The predicted molar refractivity (Wildman–Crippen MR) is 84.3 cm³/mol. The second kappa shape index (κ2) is 6.46. The number of amides is 1. The number of hydrogen-bond acceptors (Lipinski definition) is 3. The molecule has 0 bridgehead atoms. The molecule has 1 aromatic rings. The second-order valence-electron chi connectivity index (χ2n) is 5.34. The molecule has 1 aromatic carbocycles. The average Bonchev–Trinajstić information content (AvgIpc) is 2.46. The fourth-order valence-corrected chi connectivity index (χ4v) is 4.31. The van der Waals surface area contributed by atoms with E-state index in [1.807, 2.05) is 13.8 Å². The molecule has 116 valence electrons. The van der Waals surface area contributed by atoms with Crippen LogP contribution in [0.5, 0.6) is 0 Å². The minimum absolute atomic E-state index is 0.0572. The fraction of sp³-hybridized carbons (Fsp3) is 0.500. The molecule has 1 amide bonds. The second-order valence-corrected chi connectivity index (χ2v) is 8.20. The van der Waals surface area contributed by atoms with Crippen molar-refractivity contribution < 1.29 is 13.2 Å². The normalized spacial score (nSPS) is 17.2. The Labute approximate surface area is 134 Å². The van der Waals surface area contributed by atoms with Crippen molar-refractivity contribution >= 4 is 31.9 Å². The Morgan fingerprint density at radius 3 is 2.33 bits per heavy atom. The SMILES string of the molecule is CC(C)C(=O)N1CCN(S(=O)(=O)c2cccc(Br)c2)CC1. The lowest BCUT2D eigenvalue weighted by molar-refractivity contribution is -0.135. The van der Waals surface area contributed by atoms with Crippen LogP contribution in [-0.4, -0.2) is 49.7 Å². The van der Waals surface area contributed by atoms with Crippen LogP contribution in [0.2, 0.25) is 0 Å². The molecule has 1 aliphatic heterocycles. The summed E-state index contributed by atoms with van der Waals surface area (Å²) in [7, 11) is -3.49. The van der Waals surface area contributed by atoms with E-state index >= 15 is 0 Å². The summed E-state index contributed by atoms with van der Waals surface area (Å²) in [5.41, 5.74) is 0. The van der Waals surface area contributed by atoms with E-state index in [1.54, 1.807) is 29.2 Å². The first kappa shape index (κ1) is 16.5. The van der Waals surface area contributed by atoms with E-state index in [-0.39, 0.29) is 16.7 Å². The summed E-state index contributed by atoms with van der Waals surface area (Å²) in [6.07, 6.45) is 0. The van der Waals surface area contributed by atoms with Crippen LogP contribution in [0.25, 0.3) is 0 Å². The van der Waals surface area contributed by atoms with Crippen molar-refractivity contribution in [2.75, 3.05) is 26.2 Å². The van der Waals surface area contributed by atoms with Crippen molar-refractivity contribution in [1.29, 1.82) is 0 Å². The molecule has 2 rings (SSSR count). The average molecular weight is 375 g/mol. The van der Waals surface area contributed by atoms with Crippen LogP contribution < -0.4 is 0 Å². The molecule has 0 saturated carbocycles. The Bertz CT molecular complexity index is 623. The van der Waals surface area contributed by atoms with Gasteiger partial charge in [0.2, 0.25) is 15.9 Å². The number of halogens is 1. The van der Waals surface area contributed by atoms with Crippen LogP contribution in [0.15, 0.2) is 33.6 Å². The van der Waals surface area contributed by atoms with Crippen LogP contribution >= 0.6 is 15.9 Å². The Morgan fingerprint density at radius 1 is 1.19 bits per heavy atom. The third-order valence-corrected chi connectivity index (χ3v) is 5.87. The first-order chi connectivity index (χ1) is 9.82. The lowest BCUT2D eigenvalue weighted by Crippen LogP contribution is -2.51. The van der Waals surface area contributed by atoms with E-state index in [4.69, 9.17) is 0 Å². The molecule has 1 fully saturated rings. The van der Waals surface area contributed by atoms with Gasteiger partial charge in [-0.15, -0.1) is 0 Å². The topological polar surface area (TPSA) is 57.7 Å². The molecule has 21 heavy (non-hydrogen) atoms. The summed E-state index contributed by atoms with van der Waals surface area (Å²) in [5, 5.41) is 0. The van der Waals surface area contributed by atoms with Crippen molar-refractivity contribution in [1.82, 2.24) is 9.21 Å². The smallest absolute Gasteiger partial charge is 0.243 e. The zero-order valence-corrected chi connectivity index (χ0v) is 14.5. The molecule has 0 spiro atoms. The molecule has 0 aromatic heterocycles. The van der Waals surface area contributed by atoms with Gasteiger partial charge in [0, 0.05) is 36.6 Å². The molecule has 1 aliphatic rings. The van der Waals surface area contributed by atoms with Gasteiger partial charge in [-0.3, -0.25) is 4.79 Å². The zero-order valence-electron chi connectivity index (χ0n) is 12.1. The Kier molecular flexibility index (Phi) is 5.06. The molecular formula is C14H19BrN2O3S. The summed E-state index contributed by atoms with van der Waals surface area (Å²) in [6.45, 7) is 5.29. The first-order valence-electron chi connectivity index (χ1n) is 6.87. The van der Waals surface area contributed by atoms with Gasteiger partial charge in [0.15, 0.2) is 0 Å². The van der Waals surface area contributed by atoms with Gasteiger partial charge in [0.1, 0.15) is 0 Å². The molecule has 0 atom stereocenters. The fourth-order valence-electron chi connectivity index (χ4n) is 2.29. The minimum atomic E-state index is -3.49. The third kappa shape index (κ3) is 3.64. The number of hydrogen-bond donors (Lipinski definition) is 0. The van der Waals surface area contributed by atoms with Gasteiger partial charge >= 0.3 is 0 Å². The number of benzene rings is 1. The van der Waals surface area contributed by atoms with E-state index in [2.05, 4.69) is 15.9 Å². The van der Waals surface area contributed by atoms with Crippen molar-refractivity contribution in [3.05, 3.63) is 28.7 Å². The Balaban J connectivity index is 2.10. The van der Waals surface area contributed by atoms with E-state index in [9.17, 15) is 13.2 Å². The van der Waals surface area contributed by atoms with Crippen molar-refractivity contribution in [2.45, 2.75) is 18.7 Å². The van der Waals surface area contributed by atoms with Crippen molar-refractivity contribution in [3.8, 4) is 0 Å². The largest absolute Gasteiger partial charge is 0.340 e. The molecular weight excluding hydrogens is 356 g/mol. The third-order valence-electron chi connectivity index (χ3n) is 3.48. The minimum Gasteiger partial charge on any atom is -0.340 e. The van der Waals surface area contributed by atoms with E-state index in [0.717, 1.165) is 4.47 Å². The summed E-state index contributed by atoms with van der Waals surface area (Å²) < 4.78 is 27.3. The van der Waals surface area contributed by atoms with Crippen molar-refractivity contribution in [2.24, 2.45) is 5.92 Å². The maximum atomic E-state index is 12.6. The monoisotopic (exact) mass is 374 g/mol. The van der Waals surface area contributed by atoms with E-state index < -0.39 is 10.0 Å². The number of carbonyl (C=O) groups excluding carboxylic acids is 1. The molecule has 1 heterocycles. The standard InChI is InChI=1S/C14H19BrN2O3S/c1-11(2)14(18)16-6-8-17(9-7-16)21(19,20)13-5-3-4-12(15)10-13/h3-5,10-11H,6-9H2,1-2H3. The molecule has 1 saturated heterocycles. The number of piperazine rings is 1. The molecule has 0 unspecified atom stereocenters. The quantitative estimate of drug-likeness (QED) is 0.812. The van der Waals surface area contributed by atoms with Gasteiger partial charge in [-0.1, -0.05) is 35.8 Å². The highest BCUT2D eigenvalue weighted by atomic mass is 79.9. The van der Waals surface area contributed by atoms with E-state index in [0.29, 0.717) is 26.2 Å². The number of carbonyl (C=O) groups is 1. The summed E-state index contributed by atoms with van der Waals surface area (Å²) in [4.78, 5) is 13.9. The van der Waals surface area contributed by atoms with E-state index in [1.165, 1.54) is 4.31 Å². The lowest BCUT2D eigenvalue weighted by Gasteiger charge is -2.34. The highest BCUT2D eigenvalue weighted by molar-refractivity contribution is 9.10. The summed E-state index contributed by atoms with van der Waals surface area (Å²) in [5.74, 6) is 0.0211. The highest BCUT2D eigenvalue weighted by Crippen LogP contribution is 2.21. The molecule has 0 aliphatic carbocycles. The first-order valence-corrected chi connectivity index (χ1v) is 9.10. The van der Waals surface area contributed by atoms with Crippen LogP contribution in [0, 0.1) is 5.92 Å². The molecule has 0 radical (unpaired) electrons. The van der Waals surface area contributed by atoms with Gasteiger partial charge in [-0.2, -0.15) is 4.31 Å². The van der Waals surface area contributed by atoms with Gasteiger partial charge < -0.3 is 4.90 Å². The maximum absolute atomic E-state index is 12.6. The van der Waals surface area contributed by atoms with Gasteiger partial charge in [0.05, 0.1) is 4.90 Å². The molecule has 7 heteroatoms. The van der Waals surface area contributed by atoms with Crippen LogP contribution in [0.4, 0.5) is 0 Å². The summed E-state index contributed by atoms with van der Waals surface area (Å²) >= 11 is 3.29. The molecule has 0 N–H and O–H groups in total.